The predicted octanol–water partition coefficient (Wildman–Crippen LogP) is 6.04. The predicted molar refractivity (Wildman–Crippen MR) is 121 cm³/mol. The van der Waals surface area contributed by atoms with Gasteiger partial charge in [0, 0.05) is 28.4 Å². The van der Waals surface area contributed by atoms with Gasteiger partial charge in [0.05, 0.1) is 11.6 Å². The van der Waals surface area contributed by atoms with Gasteiger partial charge < -0.3 is 15.4 Å². The second-order valence-electron chi connectivity index (χ2n) is 6.48. The van der Waals surface area contributed by atoms with Gasteiger partial charge in [0.2, 0.25) is 5.91 Å². The quantitative estimate of drug-likeness (QED) is 0.417. The van der Waals surface area contributed by atoms with Crippen LogP contribution >= 0.6 is 23.2 Å². The minimum Gasteiger partial charge on any atom is -0.492 e. The third-order valence-electron chi connectivity index (χ3n) is 4.14. The van der Waals surface area contributed by atoms with Crippen LogP contribution < -0.4 is 15.4 Å². The van der Waals surface area contributed by atoms with Gasteiger partial charge in [0.15, 0.2) is 0 Å². The zero-order valence-electron chi connectivity index (χ0n) is 16.0. The largest absolute Gasteiger partial charge is 0.492 e. The number of amides is 2. The van der Waals surface area contributed by atoms with Crippen LogP contribution in [-0.4, -0.2) is 18.4 Å². The van der Waals surface area contributed by atoms with E-state index in [1.165, 1.54) is 0 Å². The molecule has 7 heteroatoms. The maximum absolute atomic E-state index is 12.3. The van der Waals surface area contributed by atoms with E-state index in [0.29, 0.717) is 45.8 Å². The van der Waals surface area contributed by atoms with E-state index in [-0.39, 0.29) is 18.2 Å². The van der Waals surface area contributed by atoms with Crippen LogP contribution in [0.1, 0.15) is 23.2 Å². The molecule has 2 amide bonds. The molecule has 154 valence electrons. The lowest BCUT2D eigenvalue weighted by molar-refractivity contribution is -0.116. The maximum Gasteiger partial charge on any atom is 0.255 e. The standard InChI is InChI=1S/C23H20Cl2N2O3/c24-17-11-12-21(20(25)14-17)30-13-5-10-22(28)26-18-8-4-9-19(15-18)27-23(29)16-6-2-1-3-7-16/h1-4,6-9,11-12,14-15H,5,10,13H2,(H,26,28)(H,27,29). The van der Waals surface area contributed by atoms with Crippen LogP contribution in [0.3, 0.4) is 0 Å². The minimum atomic E-state index is -0.211. The monoisotopic (exact) mass is 442 g/mol. The first-order valence-electron chi connectivity index (χ1n) is 9.35. The Hall–Kier alpha value is -3.02. The molecule has 2 N–H and O–H groups in total. The Bertz CT molecular complexity index is 1030. The molecule has 0 atom stereocenters. The van der Waals surface area contributed by atoms with Gasteiger partial charge in [-0.2, -0.15) is 0 Å². The van der Waals surface area contributed by atoms with Crippen molar-refractivity contribution in [3.05, 3.63) is 88.4 Å². The summed E-state index contributed by atoms with van der Waals surface area (Å²) in [6, 6.07) is 20.9. The molecule has 0 aromatic heterocycles. The fraction of sp³-hybridized carbons (Fsp3) is 0.130. The zero-order valence-corrected chi connectivity index (χ0v) is 17.5. The lowest BCUT2D eigenvalue weighted by Gasteiger charge is -2.10. The summed E-state index contributed by atoms with van der Waals surface area (Å²) < 4.78 is 5.58. The smallest absolute Gasteiger partial charge is 0.255 e. The SMILES string of the molecule is O=C(CCCOc1ccc(Cl)cc1Cl)Nc1cccc(NC(=O)c2ccccc2)c1. The van der Waals surface area contributed by atoms with Gasteiger partial charge in [-0.1, -0.05) is 47.5 Å². The second-order valence-corrected chi connectivity index (χ2v) is 7.32. The highest BCUT2D eigenvalue weighted by Gasteiger charge is 2.08. The summed E-state index contributed by atoms with van der Waals surface area (Å²) in [6.45, 7) is 0.349. The lowest BCUT2D eigenvalue weighted by Crippen LogP contribution is -2.14. The molecule has 0 heterocycles. The number of nitrogens with one attached hydrogen (secondary N) is 2. The summed E-state index contributed by atoms with van der Waals surface area (Å²) in [6.07, 6.45) is 0.807. The molecule has 3 rings (SSSR count). The Balaban J connectivity index is 1.46. The van der Waals surface area contributed by atoms with Crippen molar-refractivity contribution >= 4 is 46.4 Å². The Morgan fingerprint density at radius 1 is 0.833 bits per heavy atom. The van der Waals surface area contributed by atoms with E-state index in [4.69, 9.17) is 27.9 Å². The zero-order chi connectivity index (χ0) is 21.3. The highest BCUT2D eigenvalue weighted by Crippen LogP contribution is 2.27. The molecule has 3 aromatic carbocycles. The van der Waals surface area contributed by atoms with Crippen LogP contribution in [0.15, 0.2) is 72.8 Å². The summed E-state index contributed by atoms with van der Waals surface area (Å²) in [5.41, 5.74) is 1.77. The van der Waals surface area contributed by atoms with Crippen molar-refractivity contribution in [3.8, 4) is 5.75 Å². The number of carbonyl (C=O) groups is 2. The molecule has 0 aliphatic rings. The molecule has 0 aliphatic heterocycles. The van der Waals surface area contributed by atoms with Gasteiger partial charge in [-0.05, 0) is 55.0 Å². The number of benzene rings is 3. The number of hydrogen-bond acceptors (Lipinski definition) is 3. The van der Waals surface area contributed by atoms with E-state index < -0.39 is 0 Å². The molecule has 5 nitrogen and oxygen atoms in total. The molecule has 0 spiro atoms. The lowest BCUT2D eigenvalue weighted by atomic mass is 10.2. The average molecular weight is 443 g/mol. The molecule has 0 radical (unpaired) electrons. The van der Waals surface area contributed by atoms with Gasteiger partial charge in [0.25, 0.3) is 5.91 Å². The first-order valence-corrected chi connectivity index (χ1v) is 10.1. The molecule has 0 bridgehead atoms. The Morgan fingerprint density at radius 3 is 2.30 bits per heavy atom. The minimum absolute atomic E-state index is 0.146. The summed E-state index contributed by atoms with van der Waals surface area (Å²) >= 11 is 11.9. The summed E-state index contributed by atoms with van der Waals surface area (Å²) in [5, 5.41) is 6.61. The molecule has 0 aliphatic carbocycles. The van der Waals surface area contributed by atoms with Gasteiger partial charge in [0.1, 0.15) is 5.75 Å². The maximum atomic E-state index is 12.3. The third kappa shape index (κ3) is 6.51. The number of carbonyl (C=O) groups excluding carboxylic acids is 2. The van der Waals surface area contributed by atoms with Crippen LogP contribution in [0.5, 0.6) is 5.75 Å². The molecule has 3 aromatic rings. The fourth-order valence-electron chi connectivity index (χ4n) is 2.70. The van der Waals surface area contributed by atoms with Gasteiger partial charge in [-0.15, -0.1) is 0 Å². The van der Waals surface area contributed by atoms with E-state index in [0.717, 1.165) is 0 Å². The van der Waals surface area contributed by atoms with Crippen LogP contribution in [-0.2, 0) is 4.79 Å². The molecule has 0 unspecified atom stereocenters. The molecular formula is C23H20Cl2N2O3. The van der Waals surface area contributed by atoms with Crippen LogP contribution in [0.2, 0.25) is 10.0 Å². The van der Waals surface area contributed by atoms with Crippen molar-refractivity contribution in [1.29, 1.82) is 0 Å². The van der Waals surface area contributed by atoms with E-state index in [1.54, 1.807) is 66.7 Å². The van der Waals surface area contributed by atoms with Crippen LogP contribution in [0, 0.1) is 0 Å². The first kappa shape index (κ1) is 21.7. The number of rotatable bonds is 8. The highest BCUT2D eigenvalue weighted by atomic mass is 35.5. The van der Waals surface area contributed by atoms with E-state index in [9.17, 15) is 9.59 Å². The van der Waals surface area contributed by atoms with Crippen molar-refractivity contribution in [1.82, 2.24) is 0 Å². The highest BCUT2D eigenvalue weighted by molar-refractivity contribution is 6.35. The van der Waals surface area contributed by atoms with Crippen LogP contribution in [0.4, 0.5) is 11.4 Å². The average Bonchev–Trinajstić information content (AvgIpc) is 2.73. The number of anilines is 2. The molecule has 0 saturated carbocycles. The summed E-state index contributed by atoms with van der Waals surface area (Å²) in [5.74, 6) is 0.174. The number of hydrogen-bond donors (Lipinski definition) is 2. The van der Waals surface area contributed by atoms with Crippen LogP contribution in [0.25, 0.3) is 0 Å². The van der Waals surface area contributed by atoms with Gasteiger partial charge in [-0.25, -0.2) is 0 Å². The topological polar surface area (TPSA) is 67.4 Å². The normalized spacial score (nSPS) is 10.3. The molecule has 0 saturated heterocycles. The second kappa shape index (κ2) is 10.7. The fourth-order valence-corrected chi connectivity index (χ4v) is 3.16. The van der Waals surface area contributed by atoms with E-state index in [2.05, 4.69) is 10.6 Å². The molecular weight excluding hydrogens is 423 g/mol. The van der Waals surface area contributed by atoms with E-state index >= 15 is 0 Å². The number of halogens is 2. The van der Waals surface area contributed by atoms with Gasteiger partial charge in [-0.3, -0.25) is 9.59 Å². The summed E-state index contributed by atoms with van der Waals surface area (Å²) in [7, 11) is 0. The summed E-state index contributed by atoms with van der Waals surface area (Å²) in [4.78, 5) is 24.4. The van der Waals surface area contributed by atoms with Crippen molar-refractivity contribution < 1.29 is 14.3 Å². The molecule has 0 fully saturated rings. The molecule has 30 heavy (non-hydrogen) atoms. The van der Waals surface area contributed by atoms with Crippen molar-refractivity contribution in [2.75, 3.05) is 17.2 Å². The Labute approximate surface area is 185 Å². The van der Waals surface area contributed by atoms with Crippen molar-refractivity contribution in [2.45, 2.75) is 12.8 Å². The third-order valence-corrected chi connectivity index (χ3v) is 4.67. The van der Waals surface area contributed by atoms with E-state index in [1.807, 2.05) is 6.07 Å². The first-order chi connectivity index (χ1) is 14.5. The Morgan fingerprint density at radius 2 is 1.57 bits per heavy atom. The number of ether oxygens (including phenoxy) is 1. The van der Waals surface area contributed by atoms with Gasteiger partial charge >= 0.3 is 0 Å². The van der Waals surface area contributed by atoms with Crippen molar-refractivity contribution in [3.63, 3.8) is 0 Å². The van der Waals surface area contributed by atoms with Crippen molar-refractivity contribution in [2.24, 2.45) is 0 Å². The Kier molecular flexibility index (Phi) is 7.71.